The summed E-state index contributed by atoms with van der Waals surface area (Å²) in [6, 6.07) is 0. The molecule has 128 valence electrons. The monoisotopic (exact) mass is 349 g/mol. The fourth-order valence-corrected chi connectivity index (χ4v) is 2.64. The molecule has 0 radical (unpaired) electrons. The van der Waals surface area contributed by atoms with Gasteiger partial charge in [-0.05, 0) is 24.7 Å². The van der Waals surface area contributed by atoms with Gasteiger partial charge in [-0.3, -0.25) is 14.5 Å². The Bertz CT molecular complexity index is 666. The summed E-state index contributed by atoms with van der Waals surface area (Å²) < 4.78 is 4.66. The summed E-state index contributed by atoms with van der Waals surface area (Å²) in [5, 5.41) is 2.85. The van der Waals surface area contributed by atoms with E-state index in [0.717, 1.165) is 6.42 Å². The fraction of sp³-hybridized carbons (Fsp3) is 0.438. The van der Waals surface area contributed by atoms with Crippen LogP contribution in [0.25, 0.3) is 0 Å². The number of carbonyl (C=O) groups is 3. The molecule has 2 rings (SSSR count). The first-order chi connectivity index (χ1) is 11.5. The van der Waals surface area contributed by atoms with Crippen molar-refractivity contribution < 1.29 is 19.1 Å². The predicted molar refractivity (Wildman–Crippen MR) is 92.4 cm³/mol. The van der Waals surface area contributed by atoms with Crippen LogP contribution in [0.15, 0.2) is 28.8 Å². The van der Waals surface area contributed by atoms with Gasteiger partial charge in [-0.25, -0.2) is 9.79 Å². The molecule has 0 fully saturated rings. The molecule has 7 nitrogen and oxygen atoms in total. The molecule has 1 aliphatic carbocycles. The van der Waals surface area contributed by atoms with E-state index in [-0.39, 0.29) is 29.9 Å². The molecule has 1 aliphatic heterocycles. The maximum Gasteiger partial charge on any atom is 0.337 e. The molecule has 0 spiro atoms. The van der Waals surface area contributed by atoms with Crippen molar-refractivity contribution in [2.24, 2.45) is 10.9 Å². The second-order valence-corrected chi connectivity index (χ2v) is 5.70. The molecule has 0 aromatic rings. The standard InChI is InChI=1S/C16H19N3O4S/c1-3-7-17-13(20)6-8-19-14(21)11-5-4-10(15(22)23-2)9-12(11)18-16(19)24/h4-5,9,11H,3,6-8H2,1-2H3,(H,17,20). The van der Waals surface area contributed by atoms with Gasteiger partial charge in [0.1, 0.15) is 0 Å². The third-order valence-electron chi connectivity index (χ3n) is 3.63. The second kappa shape index (κ2) is 7.96. The largest absolute Gasteiger partial charge is 0.465 e. The number of ether oxygens (including phenoxy) is 1. The number of nitrogens with one attached hydrogen (secondary N) is 1. The summed E-state index contributed by atoms with van der Waals surface area (Å²) >= 11 is 5.16. The van der Waals surface area contributed by atoms with E-state index in [9.17, 15) is 14.4 Å². The summed E-state index contributed by atoms with van der Waals surface area (Å²) in [5.74, 6) is -1.47. The summed E-state index contributed by atoms with van der Waals surface area (Å²) in [5.41, 5.74) is 0.732. The van der Waals surface area contributed by atoms with Crippen LogP contribution in [0.4, 0.5) is 0 Å². The first-order valence-corrected chi connectivity index (χ1v) is 8.07. The average molecular weight is 349 g/mol. The van der Waals surface area contributed by atoms with Gasteiger partial charge in [0, 0.05) is 19.5 Å². The molecule has 2 aliphatic rings. The van der Waals surface area contributed by atoms with E-state index in [1.807, 2.05) is 6.92 Å². The highest BCUT2D eigenvalue weighted by atomic mass is 32.1. The molecular formula is C16H19N3O4S. The normalized spacial score (nSPS) is 19.4. The molecule has 1 heterocycles. The van der Waals surface area contributed by atoms with Crippen LogP contribution in [0.1, 0.15) is 19.8 Å². The number of allylic oxidation sites excluding steroid dienone is 1. The molecule has 0 saturated heterocycles. The highest BCUT2D eigenvalue weighted by molar-refractivity contribution is 7.80. The SMILES string of the molecule is CCCNC(=O)CCN1C(=O)C2C=CC(C(=O)OC)=CC2=NC1=S. The Morgan fingerprint density at radius 2 is 2.21 bits per heavy atom. The van der Waals surface area contributed by atoms with Crippen LogP contribution in [0.3, 0.4) is 0 Å². The van der Waals surface area contributed by atoms with Gasteiger partial charge in [-0.15, -0.1) is 0 Å². The van der Waals surface area contributed by atoms with Crippen LogP contribution in [-0.2, 0) is 19.1 Å². The lowest BCUT2D eigenvalue weighted by Gasteiger charge is -2.30. The van der Waals surface area contributed by atoms with Gasteiger partial charge >= 0.3 is 5.97 Å². The lowest BCUT2D eigenvalue weighted by molar-refractivity contribution is -0.136. The number of rotatable bonds is 6. The summed E-state index contributed by atoms with van der Waals surface area (Å²) in [7, 11) is 1.28. The maximum absolute atomic E-state index is 12.6. The van der Waals surface area contributed by atoms with Crippen LogP contribution < -0.4 is 5.32 Å². The van der Waals surface area contributed by atoms with E-state index in [2.05, 4.69) is 15.0 Å². The van der Waals surface area contributed by atoms with Crippen molar-refractivity contribution in [3.8, 4) is 0 Å². The third-order valence-corrected chi connectivity index (χ3v) is 3.95. The van der Waals surface area contributed by atoms with Crippen molar-refractivity contribution >= 4 is 40.8 Å². The number of thiocarbonyl (C=S) groups is 1. The number of fused-ring (bicyclic) bond motifs is 1. The molecule has 0 aromatic heterocycles. The third kappa shape index (κ3) is 3.94. The summed E-state index contributed by atoms with van der Waals surface area (Å²) in [6.45, 7) is 2.75. The Morgan fingerprint density at radius 3 is 2.88 bits per heavy atom. The molecule has 1 atom stereocenters. The van der Waals surface area contributed by atoms with Gasteiger partial charge in [0.25, 0.3) is 0 Å². The minimum absolute atomic E-state index is 0.102. The molecule has 24 heavy (non-hydrogen) atoms. The van der Waals surface area contributed by atoms with Crippen LogP contribution in [0.2, 0.25) is 0 Å². The van der Waals surface area contributed by atoms with Crippen molar-refractivity contribution in [2.75, 3.05) is 20.2 Å². The van der Waals surface area contributed by atoms with E-state index >= 15 is 0 Å². The molecule has 1 N–H and O–H groups in total. The zero-order valence-corrected chi connectivity index (χ0v) is 14.4. The molecule has 0 aromatic carbocycles. The van der Waals surface area contributed by atoms with Crippen molar-refractivity contribution in [2.45, 2.75) is 19.8 Å². The van der Waals surface area contributed by atoms with Gasteiger partial charge in [0.2, 0.25) is 16.9 Å². The number of esters is 1. The lowest BCUT2D eigenvalue weighted by atomic mass is 9.92. The van der Waals surface area contributed by atoms with Gasteiger partial charge in [-0.2, -0.15) is 0 Å². The van der Waals surface area contributed by atoms with E-state index in [1.165, 1.54) is 24.2 Å². The van der Waals surface area contributed by atoms with Crippen molar-refractivity contribution in [1.82, 2.24) is 10.2 Å². The Kier molecular flexibility index (Phi) is 5.97. The minimum Gasteiger partial charge on any atom is -0.465 e. The number of hydrogen-bond donors (Lipinski definition) is 1. The van der Waals surface area contributed by atoms with E-state index in [1.54, 1.807) is 6.08 Å². The number of amides is 2. The molecule has 8 heteroatoms. The van der Waals surface area contributed by atoms with Crippen LogP contribution in [0.5, 0.6) is 0 Å². The van der Waals surface area contributed by atoms with Gasteiger partial charge < -0.3 is 10.1 Å². The lowest BCUT2D eigenvalue weighted by Crippen LogP contribution is -2.47. The van der Waals surface area contributed by atoms with E-state index in [0.29, 0.717) is 17.8 Å². The highest BCUT2D eigenvalue weighted by Gasteiger charge is 2.35. The van der Waals surface area contributed by atoms with Gasteiger partial charge in [0.15, 0.2) is 0 Å². The molecule has 0 bridgehead atoms. The maximum atomic E-state index is 12.6. The zero-order valence-electron chi connectivity index (χ0n) is 13.6. The number of carbonyl (C=O) groups excluding carboxylic acids is 3. The van der Waals surface area contributed by atoms with Crippen LogP contribution in [0, 0.1) is 5.92 Å². The van der Waals surface area contributed by atoms with Crippen molar-refractivity contribution in [1.29, 1.82) is 0 Å². The molecular weight excluding hydrogens is 330 g/mol. The summed E-state index contributed by atoms with van der Waals surface area (Å²) in [4.78, 5) is 41.4. The van der Waals surface area contributed by atoms with Crippen LogP contribution in [-0.4, -0.2) is 53.7 Å². The van der Waals surface area contributed by atoms with Gasteiger partial charge in [0.05, 0.1) is 24.3 Å². The Hall–Kier alpha value is -2.35. The Labute approximate surface area is 145 Å². The number of methoxy groups -OCH3 is 1. The predicted octanol–water partition coefficient (Wildman–Crippen LogP) is 0.756. The van der Waals surface area contributed by atoms with Crippen molar-refractivity contribution in [3.63, 3.8) is 0 Å². The first-order valence-electron chi connectivity index (χ1n) is 7.66. The first kappa shape index (κ1) is 18.0. The highest BCUT2D eigenvalue weighted by Crippen LogP contribution is 2.23. The average Bonchev–Trinajstić information content (AvgIpc) is 2.58. The van der Waals surface area contributed by atoms with E-state index < -0.39 is 11.9 Å². The second-order valence-electron chi connectivity index (χ2n) is 5.34. The smallest absolute Gasteiger partial charge is 0.337 e. The number of nitrogens with zero attached hydrogens (tertiary/aromatic N) is 2. The fourth-order valence-electron chi connectivity index (χ4n) is 2.36. The summed E-state index contributed by atoms with van der Waals surface area (Å²) in [6.07, 6.45) is 5.65. The van der Waals surface area contributed by atoms with Gasteiger partial charge in [-0.1, -0.05) is 19.1 Å². The molecule has 1 unspecified atom stereocenters. The van der Waals surface area contributed by atoms with Crippen molar-refractivity contribution in [3.05, 3.63) is 23.8 Å². The zero-order chi connectivity index (χ0) is 17.7. The minimum atomic E-state index is -0.594. The quantitative estimate of drug-likeness (QED) is 0.565. The topological polar surface area (TPSA) is 88.1 Å². The van der Waals surface area contributed by atoms with E-state index in [4.69, 9.17) is 12.2 Å². The molecule has 0 saturated carbocycles. The van der Waals surface area contributed by atoms with Crippen LogP contribution >= 0.6 is 12.2 Å². The number of hydrogen-bond acceptors (Lipinski definition) is 5. The Morgan fingerprint density at radius 1 is 1.46 bits per heavy atom. The Balaban J connectivity index is 2.08. The number of aliphatic imine (C=N–C) groups is 1. The molecule has 2 amide bonds.